The SMILES string of the molecule is Cc1c(C(=O)O[C@H](C)C(=O)NCc2cccs2)sc2nc3n(c(=O)c12)CCC3. The molecule has 0 unspecified atom stereocenters. The van der Waals surface area contributed by atoms with Crippen molar-refractivity contribution < 1.29 is 14.3 Å². The van der Waals surface area contributed by atoms with Crippen LogP contribution in [0, 0.1) is 6.92 Å². The number of thiophene rings is 2. The van der Waals surface area contributed by atoms with Crippen molar-refractivity contribution in [2.45, 2.75) is 45.9 Å². The van der Waals surface area contributed by atoms with E-state index in [0.29, 0.717) is 33.7 Å². The van der Waals surface area contributed by atoms with E-state index in [1.54, 1.807) is 22.8 Å². The van der Waals surface area contributed by atoms with E-state index in [-0.39, 0.29) is 11.5 Å². The summed E-state index contributed by atoms with van der Waals surface area (Å²) in [6.07, 6.45) is 0.741. The normalized spacial score (nSPS) is 14.1. The van der Waals surface area contributed by atoms with Crippen LogP contribution in [0.5, 0.6) is 0 Å². The number of ether oxygens (including phenoxy) is 1. The zero-order valence-corrected chi connectivity index (χ0v) is 17.1. The lowest BCUT2D eigenvalue weighted by molar-refractivity contribution is -0.129. The highest BCUT2D eigenvalue weighted by Crippen LogP contribution is 2.29. The van der Waals surface area contributed by atoms with Gasteiger partial charge in [-0.2, -0.15) is 0 Å². The van der Waals surface area contributed by atoms with Gasteiger partial charge >= 0.3 is 5.97 Å². The molecule has 3 aromatic rings. The second kappa shape index (κ2) is 7.48. The van der Waals surface area contributed by atoms with Crippen molar-refractivity contribution >= 4 is 44.8 Å². The maximum atomic E-state index is 12.7. The number of rotatable bonds is 5. The van der Waals surface area contributed by atoms with Crippen molar-refractivity contribution in [3.05, 3.63) is 49.0 Å². The van der Waals surface area contributed by atoms with Gasteiger partial charge in [0, 0.05) is 17.8 Å². The average Bonchev–Trinajstić information content (AvgIpc) is 3.40. The molecule has 7 nitrogen and oxygen atoms in total. The van der Waals surface area contributed by atoms with Gasteiger partial charge < -0.3 is 10.1 Å². The second-order valence-electron chi connectivity index (χ2n) is 6.67. The number of amides is 1. The Morgan fingerprint density at radius 2 is 2.25 bits per heavy atom. The fourth-order valence-corrected chi connectivity index (χ4v) is 4.99. The highest BCUT2D eigenvalue weighted by molar-refractivity contribution is 7.20. The zero-order chi connectivity index (χ0) is 19.8. The van der Waals surface area contributed by atoms with Crippen LogP contribution >= 0.6 is 22.7 Å². The van der Waals surface area contributed by atoms with Gasteiger partial charge in [0.05, 0.1) is 11.9 Å². The molecule has 1 aliphatic heterocycles. The summed E-state index contributed by atoms with van der Waals surface area (Å²) in [4.78, 5) is 44.0. The van der Waals surface area contributed by atoms with Crippen molar-refractivity contribution in [2.75, 3.05) is 0 Å². The maximum absolute atomic E-state index is 12.7. The number of nitrogens with zero attached hydrogens (tertiary/aromatic N) is 2. The Bertz CT molecular complexity index is 1110. The van der Waals surface area contributed by atoms with Gasteiger partial charge in [0.15, 0.2) is 6.10 Å². The fourth-order valence-electron chi connectivity index (χ4n) is 3.27. The van der Waals surface area contributed by atoms with Crippen LogP contribution in [-0.4, -0.2) is 27.5 Å². The van der Waals surface area contributed by atoms with Crippen LogP contribution in [0.15, 0.2) is 22.3 Å². The predicted molar refractivity (Wildman–Crippen MR) is 108 cm³/mol. The van der Waals surface area contributed by atoms with Crippen LogP contribution in [0.3, 0.4) is 0 Å². The summed E-state index contributed by atoms with van der Waals surface area (Å²) in [7, 11) is 0. The van der Waals surface area contributed by atoms with Crippen LogP contribution in [0.25, 0.3) is 10.2 Å². The maximum Gasteiger partial charge on any atom is 0.349 e. The molecule has 1 N–H and O–H groups in total. The topological polar surface area (TPSA) is 90.3 Å². The molecule has 0 saturated carbocycles. The Morgan fingerprint density at radius 3 is 3.00 bits per heavy atom. The Kier molecular flexibility index (Phi) is 5.03. The fraction of sp³-hybridized carbons (Fsp3) is 0.368. The van der Waals surface area contributed by atoms with E-state index in [0.717, 1.165) is 34.9 Å². The number of hydrogen-bond acceptors (Lipinski definition) is 7. The van der Waals surface area contributed by atoms with Crippen LogP contribution in [-0.2, 0) is 29.0 Å². The van der Waals surface area contributed by atoms with Gasteiger partial charge in [0.2, 0.25) is 0 Å². The van der Waals surface area contributed by atoms with Gasteiger partial charge in [-0.25, -0.2) is 9.78 Å². The zero-order valence-electron chi connectivity index (χ0n) is 15.5. The summed E-state index contributed by atoms with van der Waals surface area (Å²) in [5, 5.41) is 5.16. The Morgan fingerprint density at radius 1 is 1.43 bits per heavy atom. The third-order valence-corrected chi connectivity index (χ3v) is 6.81. The number of carbonyl (C=O) groups is 2. The van der Waals surface area contributed by atoms with E-state index in [4.69, 9.17) is 4.74 Å². The second-order valence-corrected chi connectivity index (χ2v) is 8.70. The molecule has 28 heavy (non-hydrogen) atoms. The number of esters is 1. The van der Waals surface area contributed by atoms with Gasteiger partial charge in [0.1, 0.15) is 15.5 Å². The molecule has 0 radical (unpaired) electrons. The first-order chi connectivity index (χ1) is 13.5. The van der Waals surface area contributed by atoms with Crippen molar-refractivity contribution in [3.63, 3.8) is 0 Å². The van der Waals surface area contributed by atoms with E-state index >= 15 is 0 Å². The lowest BCUT2D eigenvalue weighted by Crippen LogP contribution is -2.35. The molecule has 9 heteroatoms. The standard InChI is InChI=1S/C19H19N3O4S2/c1-10-14-17(21-13-6-3-7-22(13)18(14)24)28-15(10)19(25)26-11(2)16(23)20-9-12-5-4-8-27-12/h4-5,8,11H,3,6-7,9H2,1-2H3,(H,20,23)/t11-/m1/s1. The van der Waals surface area contributed by atoms with E-state index in [2.05, 4.69) is 10.3 Å². The minimum atomic E-state index is -0.934. The molecule has 0 spiro atoms. The number of aryl methyl sites for hydroxylation is 2. The minimum Gasteiger partial charge on any atom is -0.448 e. The molecular weight excluding hydrogens is 398 g/mol. The molecule has 146 valence electrons. The molecule has 0 aliphatic carbocycles. The lowest BCUT2D eigenvalue weighted by atomic mass is 10.2. The van der Waals surface area contributed by atoms with Gasteiger partial charge in [-0.15, -0.1) is 22.7 Å². The predicted octanol–water partition coefficient (Wildman–Crippen LogP) is 2.64. The van der Waals surface area contributed by atoms with Gasteiger partial charge in [-0.1, -0.05) is 6.07 Å². The molecular formula is C19H19N3O4S2. The molecule has 0 bridgehead atoms. The average molecular weight is 418 g/mol. The highest BCUT2D eigenvalue weighted by Gasteiger charge is 2.26. The Balaban J connectivity index is 1.51. The van der Waals surface area contributed by atoms with Crippen LogP contribution in [0.4, 0.5) is 0 Å². The molecule has 0 aromatic carbocycles. The molecule has 1 amide bonds. The first kappa shape index (κ1) is 18.8. The summed E-state index contributed by atoms with van der Waals surface area (Å²) in [6.45, 7) is 4.31. The third-order valence-electron chi connectivity index (χ3n) is 4.77. The molecule has 0 fully saturated rings. The van der Waals surface area contributed by atoms with Crippen molar-refractivity contribution in [1.29, 1.82) is 0 Å². The summed E-state index contributed by atoms with van der Waals surface area (Å²) < 4.78 is 7.02. The molecule has 4 heterocycles. The van der Waals surface area contributed by atoms with E-state index in [1.807, 2.05) is 17.5 Å². The van der Waals surface area contributed by atoms with Gasteiger partial charge in [-0.05, 0) is 37.3 Å². The quantitative estimate of drug-likeness (QED) is 0.645. The monoisotopic (exact) mass is 417 g/mol. The summed E-state index contributed by atoms with van der Waals surface area (Å²) in [5.41, 5.74) is 0.461. The van der Waals surface area contributed by atoms with Crippen molar-refractivity contribution in [2.24, 2.45) is 0 Å². The minimum absolute atomic E-state index is 0.105. The number of fused-ring (bicyclic) bond motifs is 2. The van der Waals surface area contributed by atoms with Crippen LogP contribution < -0.4 is 10.9 Å². The van der Waals surface area contributed by atoms with E-state index in [9.17, 15) is 14.4 Å². The summed E-state index contributed by atoms with van der Waals surface area (Å²) in [6, 6.07) is 3.83. The molecule has 4 rings (SSSR count). The summed E-state index contributed by atoms with van der Waals surface area (Å²) >= 11 is 2.69. The smallest absolute Gasteiger partial charge is 0.349 e. The number of aromatic nitrogens is 2. The van der Waals surface area contributed by atoms with E-state index < -0.39 is 12.1 Å². The molecule has 3 aromatic heterocycles. The Hall–Kier alpha value is -2.52. The van der Waals surface area contributed by atoms with Gasteiger partial charge in [0.25, 0.3) is 11.5 Å². The van der Waals surface area contributed by atoms with Gasteiger partial charge in [-0.3, -0.25) is 14.2 Å². The largest absolute Gasteiger partial charge is 0.448 e. The van der Waals surface area contributed by atoms with E-state index in [1.165, 1.54) is 6.92 Å². The number of nitrogens with one attached hydrogen (secondary N) is 1. The number of carbonyl (C=O) groups excluding carboxylic acids is 2. The molecule has 1 atom stereocenters. The van der Waals surface area contributed by atoms with Crippen molar-refractivity contribution in [3.8, 4) is 0 Å². The first-order valence-corrected chi connectivity index (χ1v) is 10.7. The highest BCUT2D eigenvalue weighted by atomic mass is 32.1. The third kappa shape index (κ3) is 3.35. The lowest BCUT2D eigenvalue weighted by Gasteiger charge is -2.12. The Labute approximate surface area is 169 Å². The molecule has 0 saturated heterocycles. The number of hydrogen-bond donors (Lipinski definition) is 1. The first-order valence-electron chi connectivity index (χ1n) is 8.99. The van der Waals surface area contributed by atoms with Crippen LogP contribution in [0.2, 0.25) is 0 Å². The van der Waals surface area contributed by atoms with Crippen LogP contribution in [0.1, 0.15) is 39.3 Å². The van der Waals surface area contributed by atoms with Crippen molar-refractivity contribution in [1.82, 2.24) is 14.9 Å². The summed E-state index contributed by atoms with van der Waals surface area (Å²) in [5.74, 6) is -0.207. The molecule has 1 aliphatic rings.